The predicted molar refractivity (Wildman–Crippen MR) is 77.1 cm³/mol. The van der Waals surface area contributed by atoms with E-state index in [0.717, 1.165) is 19.5 Å². The second-order valence-corrected chi connectivity index (χ2v) is 5.40. The summed E-state index contributed by atoms with van der Waals surface area (Å²) in [5.74, 6) is 0. The van der Waals surface area contributed by atoms with E-state index in [2.05, 4.69) is 40.0 Å². The van der Waals surface area contributed by atoms with E-state index in [9.17, 15) is 0 Å². The van der Waals surface area contributed by atoms with Gasteiger partial charge in [0.25, 0.3) is 0 Å². The van der Waals surface area contributed by atoms with Crippen LogP contribution in [0.5, 0.6) is 0 Å². The molecule has 0 aliphatic heterocycles. The molecule has 3 heteroatoms. The van der Waals surface area contributed by atoms with Gasteiger partial charge in [-0.05, 0) is 43.9 Å². The molecule has 0 spiro atoms. The maximum Gasteiger partial charge on any atom is 0.0945 e. The van der Waals surface area contributed by atoms with Gasteiger partial charge in [-0.1, -0.05) is 23.8 Å². The summed E-state index contributed by atoms with van der Waals surface area (Å²) in [7, 11) is 0. The van der Waals surface area contributed by atoms with Crippen LogP contribution in [0.2, 0.25) is 0 Å². The van der Waals surface area contributed by atoms with E-state index in [-0.39, 0.29) is 0 Å². The third-order valence-electron chi connectivity index (χ3n) is 3.92. The quantitative estimate of drug-likeness (QED) is 0.833. The van der Waals surface area contributed by atoms with Gasteiger partial charge in [0.1, 0.15) is 0 Å². The van der Waals surface area contributed by atoms with E-state index in [1.165, 1.54) is 29.5 Å². The summed E-state index contributed by atoms with van der Waals surface area (Å²) >= 11 is 0. The molecule has 1 aliphatic rings. The summed E-state index contributed by atoms with van der Waals surface area (Å²) in [6.07, 6.45) is 9.35. The highest BCUT2D eigenvalue weighted by Crippen LogP contribution is 2.31. The first-order valence-corrected chi connectivity index (χ1v) is 7.11. The molecule has 3 rings (SSSR count). The van der Waals surface area contributed by atoms with Crippen LogP contribution in [-0.2, 0) is 13.0 Å². The van der Waals surface area contributed by atoms with Crippen LogP contribution in [0.25, 0.3) is 0 Å². The molecule has 0 saturated carbocycles. The molecule has 2 aromatic rings. The number of benzene rings is 1. The Balaban J connectivity index is 1.51. The lowest BCUT2D eigenvalue weighted by atomic mass is 10.1. The number of rotatable bonds is 5. The first-order chi connectivity index (χ1) is 9.33. The van der Waals surface area contributed by atoms with Gasteiger partial charge in [0.15, 0.2) is 0 Å². The van der Waals surface area contributed by atoms with Crippen LogP contribution in [0.4, 0.5) is 0 Å². The summed E-state index contributed by atoms with van der Waals surface area (Å²) in [5.41, 5.74) is 4.41. The first kappa shape index (κ1) is 12.4. The molecule has 1 unspecified atom stereocenters. The Bertz CT molecular complexity index is 531. The van der Waals surface area contributed by atoms with E-state index in [1.807, 2.05) is 18.7 Å². The topological polar surface area (TPSA) is 29.9 Å². The van der Waals surface area contributed by atoms with Gasteiger partial charge < -0.3 is 9.88 Å². The van der Waals surface area contributed by atoms with E-state index in [0.29, 0.717) is 6.04 Å². The van der Waals surface area contributed by atoms with Gasteiger partial charge in [-0.2, -0.15) is 0 Å². The van der Waals surface area contributed by atoms with Crippen LogP contribution in [0.1, 0.15) is 35.6 Å². The van der Waals surface area contributed by atoms with Crippen molar-refractivity contribution in [2.45, 2.75) is 38.8 Å². The van der Waals surface area contributed by atoms with E-state index in [1.54, 1.807) is 0 Å². The molecule has 0 fully saturated rings. The van der Waals surface area contributed by atoms with Gasteiger partial charge in [0, 0.05) is 25.0 Å². The molecule has 0 bridgehead atoms. The third kappa shape index (κ3) is 2.87. The van der Waals surface area contributed by atoms with Crippen molar-refractivity contribution in [3.63, 3.8) is 0 Å². The van der Waals surface area contributed by atoms with Gasteiger partial charge in [0.05, 0.1) is 6.33 Å². The minimum absolute atomic E-state index is 0.553. The van der Waals surface area contributed by atoms with Crippen molar-refractivity contribution in [3.05, 3.63) is 53.6 Å². The van der Waals surface area contributed by atoms with Crippen molar-refractivity contribution in [3.8, 4) is 0 Å². The molecule has 100 valence electrons. The fourth-order valence-corrected chi connectivity index (χ4v) is 2.89. The van der Waals surface area contributed by atoms with E-state index >= 15 is 0 Å². The van der Waals surface area contributed by atoms with Gasteiger partial charge in [0.2, 0.25) is 0 Å². The fourth-order valence-electron chi connectivity index (χ4n) is 2.89. The van der Waals surface area contributed by atoms with Crippen molar-refractivity contribution in [1.29, 1.82) is 0 Å². The second-order valence-electron chi connectivity index (χ2n) is 5.40. The van der Waals surface area contributed by atoms with E-state index < -0.39 is 0 Å². The highest BCUT2D eigenvalue weighted by Gasteiger charge is 2.21. The maximum atomic E-state index is 4.06. The molecule has 1 aromatic carbocycles. The Labute approximate surface area is 114 Å². The van der Waals surface area contributed by atoms with Gasteiger partial charge in [-0.25, -0.2) is 4.98 Å². The Hall–Kier alpha value is -1.61. The van der Waals surface area contributed by atoms with Crippen LogP contribution in [0.15, 0.2) is 36.9 Å². The minimum Gasteiger partial charge on any atom is -0.337 e. The molecule has 0 amide bonds. The molecule has 19 heavy (non-hydrogen) atoms. The molecule has 1 atom stereocenters. The highest BCUT2D eigenvalue weighted by molar-refractivity contribution is 5.37. The van der Waals surface area contributed by atoms with Crippen molar-refractivity contribution < 1.29 is 0 Å². The standard InChI is InChI=1S/C16H21N3/c1-13-3-4-14-5-6-16(15(14)11-13)18-7-2-9-19-10-8-17-12-19/h3-4,8,10-12,16,18H,2,5-7,9H2,1H3. The zero-order valence-electron chi connectivity index (χ0n) is 11.5. The number of aryl methyl sites for hydroxylation is 3. The van der Waals surface area contributed by atoms with E-state index in [4.69, 9.17) is 0 Å². The van der Waals surface area contributed by atoms with Crippen molar-refractivity contribution in [1.82, 2.24) is 14.9 Å². The zero-order valence-corrected chi connectivity index (χ0v) is 11.5. The molecule has 1 aliphatic carbocycles. The molecule has 0 radical (unpaired) electrons. The number of nitrogens with one attached hydrogen (secondary N) is 1. The Morgan fingerprint density at radius 3 is 3.21 bits per heavy atom. The molecule has 3 nitrogen and oxygen atoms in total. The maximum absolute atomic E-state index is 4.06. The lowest BCUT2D eigenvalue weighted by molar-refractivity contribution is 0.499. The van der Waals surface area contributed by atoms with Crippen LogP contribution in [-0.4, -0.2) is 16.1 Å². The van der Waals surface area contributed by atoms with Crippen molar-refractivity contribution >= 4 is 0 Å². The molecular weight excluding hydrogens is 234 g/mol. The van der Waals surface area contributed by atoms with Crippen molar-refractivity contribution in [2.75, 3.05) is 6.54 Å². The summed E-state index contributed by atoms with van der Waals surface area (Å²) < 4.78 is 2.13. The number of fused-ring (bicyclic) bond motifs is 1. The first-order valence-electron chi connectivity index (χ1n) is 7.11. The summed E-state index contributed by atoms with van der Waals surface area (Å²) in [4.78, 5) is 4.06. The second kappa shape index (κ2) is 5.57. The van der Waals surface area contributed by atoms with Gasteiger partial charge in [-0.3, -0.25) is 0 Å². The molecule has 0 saturated heterocycles. The third-order valence-corrected chi connectivity index (χ3v) is 3.92. The minimum atomic E-state index is 0.553. The lowest BCUT2D eigenvalue weighted by Crippen LogP contribution is -2.21. The lowest BCUT2D eigenvalue weighted by Gasteiger charge is -2.14. The molecule has 1 N–H and O–H groups in total. The van der Waals surface area contributed by atoms with Gasteiger partial charge in [-0.15, -0.1) is 0 Å². The Kier molecular flexibility index (Phi) is 3.65. The van der Waals surface area contributed by atoms with Crippen LogP contribution >= 0.6 is 0 Å². The largest absolute Gasteiger partial charge is 0.337 e. The Morgan fingerprint density at radius 2 is 2.37 bits per heavy atom. The average molecular weight is 255 g/mol. The van der Waals surface area contributed by atoms with Gasteiger partial charge >= 0.3 is 0 Å². The fraction of sp³-hybridized carbons (Fsp3) is 0.438. The SMILES string of the molecule is Cc1ccc2c(c1)C(NCCCn1ccnc1)CC2. The summed E-state index contributed by atoms with van der Waals surface area (Å²) in [6.45, 7) is 4.28. The summed E-state index contributed by atoms with van der Waals surface area (Å²) in [5, 5.41) is 3.69. The molecule has 1 heterocycles. The highest BCUT2D eigenvalue weighted by atomic mass is 15.0. The summed E-state index contributed by atoms with van der Waals surface area (Å²) in [6, 6.07) is 7.41. The smallest absolute Gasteiger partial charge is 0.0945 e. The Morgan fingerprint density at radius 1 is 1.42 bits per heavy atom. The molecular formula is C16H21N3. The number of imidazole rings is 1. The number of nitrogens with zero attached hydrogens (tertiary/aromatic N) is 2. The number of hydrogen-bond donors (Lipinski definition) is 1. The predicted octanol–water partition coefficient (Wildman–Crippen LogP) is 2.86. The number of aromatic nitrogens is 2. The van der Waals surface area contributed by atoms with Crippen LogP contribution in [0.3, 0.4) is 0 Å². The normalized spacial score (nSPS) is 17.6. The number of hydrogen-bond acceptors (Lipinski definition) is 2. The zero-order chi connectivity index (χ0) is 13.1. The van der Waals surface area contributed by atoms with Crippen LogP contribution < -0.4 is 5.32 Å². The molecule has 1 aromatic heterocycles. The van der Waals surface area contributed by atoms with Crippen LogP contribution in [0, 0.1) is 6.92 Å². The van der Waals surface area contributed by atoms with Crippen molar-refractivity contribution in [2.24, 2.45) is 0 Å². The monoisotopic (exact) mass is 255 g/mol. The average Bonchev–Trinajstić information content (AvgIpc) is 3.04.